The van der Waals surface area contributed by atoms with Crippen molar-refractivity contribution in [1.29, 1.82) is 0 Å². The van der Waals surface area contributed by atoms with E-state index in [1.54, 1.807) is 6.92 Å². The Morgan fingerprint density at radius 3 is 2.80 bits per heavy atom. The zero-order valence-electron chi connectivity index (χ0n) is 11.9. The van der Waals surface area contributed by atoms with Crippen molar-refractivity contribution in [2.75, 3.05) is 11.9 Å². The molecule has 2 rings (SSSR count). The van der Waals surface area contributed by atoms with Crippen LogP contribution in [0.3, 0.4) is 0 Å². The number of hydrogen-bond donors (Lipinski definition) is 2. The van der Waals surface area contributed by atoms with Crippen molar-refractivity contribution in [2.45, 2.75) is 33.2 Å². The number of nitrogens with zero attached hydrogens (tertiary/aromatic N) is 3. The first kappa shape index (κ1) is 14.4. The van der Waals surface area contributed by atoms with Crippen molar-refractivity contribution in [2.24, 2.45) is 0 Å². The van der Waals surface area contributed by atoms with Crippen molar-refractivity contribution in [3.8, 4) is 0 Å². The number of rotatable bonds is 3. The smallest absolute Gasteiger partial charge is 0.275 e. The molecule has 2 N–H and O–H groups in total. The largest absolute Gasteiger partial charge is 0.351 e. The lowest BCUT2D eigenvalue weighted by atomic mass is 10.1. The minimum atomic E-state index is -0.276. The van der Waals surface area contributed by atoms with E-state index >= 15 is 0 Å². The average molecular weight is 295 g/mol. The zero-order valence-corrected chi connectivity index (χ0v) is 12.7. The fourth-order valence-corrected chi connectivity index (χ4v) is 2.46. The number of anilines is 1. The van der Waals surface area contributed by atoms with Crippen LogP contribution in [0.1, 0.15) is 26.5 Å². The highest BCUT2D eigenvalue weighted by molar-refractivity contribution is 7.20. The van der Waals surface area contributed by atoms with E-state index in [4.69, 9.17) is 0 Å². The highest BCUT2D eigenvalue weighted by atomic mass is 32.1. The van der Waals surface area contributed by atoms with Crippen LogP contribution in [0.25, 0.3) is 4.96 Å². The maximum atomic E-state index is 11.7. The number of carbonyl (C=O) groups excluding carboxylic acids is 1. The van der Waals surface area contributed by atoms with Gasteiger partial charge in [-0.3, -0.25) is 9.59 Å². The molecular weight excluding hydrogens is 278 g/mol. The molecular formula is C12H17N5O2S. The van der Waals surface area contributed by atoms with E-state index in [-0.39, 0.29) is 23.6 Å². The number of nitrogens with one attached hydrogen (secondary N) is 2. The summed E-state index contributed by atoms with van der Waals surface area (Å²) in [5.41, 5.74) is 0.147. The summed E-state index contributed by atoms with van der Waals surface area (Å²) in [5.74, 6) is -0.131. The van der Waals surface area contributed by atoms with Crippen LogP contribution in [-0.2, 0) is 4.79 Å². The average Bonchev–Trinajstić information content (AvgIpc) is 2.67. The SMILES string of the molecule is Cc1cc(=O)n2nc(NCC(=O)NC(C)(C)C)sc2n1. The molecule has 1 amide bonds. The van der Waals surface area contributed by atoms with Gasteiger partial charge in [-0.05, 0) is 27.7 Å². The zero-order chi connectivity index (χ0) is 14.9. The standard InChI is InChI=1S/C12H17N5O2S/c1-7-5-9(19)17-11(14-7)20-10(16-17)13-6-8(18)15-12(2,3)4/h5H,6H2,1-4H3,(H,13,16)(H,15,18). The second-order valence-electron chi connectivity index (χ2n) is 5.49. The molecule has 2 aromatic rings. The minimum absolute atomic E-state index is 0.102. The van der Waals surface area contributed by atoms with E-state index < -0.39 is 0 Å². The maximum Gasteiger partial charge on any atom is 0.275 e. The molecule has 2 heterocycles. The summed E-state index contributed by atoms with van der Waals surface area (Å²) >= 11 is 1.24. The molecule has 8 heteroatoms. The van der Waals surface area contributed by atoms with Crippen LogP contribution in [-0.4, -0.2) is 32.6 Å². The third-order valence-electron chi connectivity index (χ3n) is 2.29. The lowest BCUT2D eigenvalue weighted by Gasteiger charge is -2.20. The van der Waals surface area contributed by atoms with Crippen molar-refractivity contribution in [3.05, 3.63) is 22.1 Å². The molecule has 0 spiro atoms. The summed E-state index contributed by atoms with van der Waals surface area (Å²) in [5, 5.41) is 10.3. The summed E-state index contributed by atoms with van der Waals surface area (Å²) in [7, 11) is 0. The molecule has 0 aliphatic heterocycles. The molecule has 0 saturated carbocycles. The highest BCUT2D eigenvalue weighted by Crippen LogP contribution is 2.15. The predicted octanol–water partition coefficient (Wildman–Crippen LogP) is 0.786. The third kappa shape index (κ3) is 3.53. The van der Waals surface area contributed by atoms with Crippen molar-refractivity contribution in [1.82, 2.24) is 19.9 Å². The normalized spacial score (nSPS) is 11.6. The Balaban J connectivity index is 2.10. The van der Waals surface area contributed by atoms with Crippen molar-refractivity contribution < 1.29 is 4.79 Å². The Morgan fingerprint density at radius 2 is 2.15 bits per heavy atom. The number of hydrogen-bond acceptors (Lipinski definition) is 6. The first-order valence-corrected chi connectivity index (χ1v) is 6.99. The number of fused-ring (bicyclic) bond motifs is 1. The summed E-state index contributed by atoms with van der Waals surface area (Å²) in [6, 6.07) is 1.42. The van der Waals surface area contributed by atoms with Gasteiger partial charge in [0.25, 0.3) is 5.56 Å². The van der Waals surface area contributed by atoms with Crippen molar-refractivity contribution >= 4 is 27.3 Å². The highest BCUT2D eigenvalue weighted by Gasteiger charge is 2.14. The third-order valence-corrected chi connectivity index (χ3v) is 3.15. The molecule has 2 aromatic heterocycles. The van der Waals surface area contributed by atoms with Crippen LogP contribution in [0.4, 0.5) is 5.13 Å². The van der Waals surface area contributed by atoms with E-state index in [0.717, 1.165) is 0 Å². The van der Waals surface area contributed by atoms with E-state index in [0.29, 0.717) is 15.8 Å². The van der Waals surface area contributed by atoms with Gasteiger partial charge in [-0.2, -0.15) is 4.52 Å². The number of carbonyl (C=O) groups is 1. The van der Waals surface area contributed by atoms with Gasteiger partial charge in [-0.15, -0.1) is 5.10 Å². The number of amides is 1. The molecule has 0 radical (unpaired) electrons. The van der Waals surface area contributed by atoms with Crippen LogP contribution < -0.4 is 16.2 Å². The molecule has 0 atom stereocenters. The molecule has 20 heavy (non-hydrogen) atoms. The summed E-state index contributed by atoms with van der Waals surface area (Å²) in [4.78, 5) is 28.1. The van der Waals surface area contributed by atoms with Crippen LogP contribution in [0.15, 0.2) is 10.9 Å². The molecule has 0 aliphatic rings. The van der Waals surface area contributed by atoms with Gasteiger partial charge in [-0.1, -0.05) is 11.3 Å². The fourth-order valence-electron chi connectivity index (χ4n) is 1.61. The molecule has 0 bridgehead atoms. The first-order chi connectivity index (χ1) is 9.24. The molecule has 0 saturated heterocycles. The monoisotopic (exact) mass is 295 g/mol. The molecule has 0 aliphatic carbocycles. The van der Waals surface area contributed by atoms with Gasteiger partial charge in [0, 0.05) is 17.3 Å². The predicted molar refractivity (Wildman–Crippen MR) is 78.3 cm³/mol. The first-order valence-electron chi connectivity index (χ1n) is 6.17. The van der Waals surface area contributed by atoms with Crippen LogP contribution in [0.2, 0.25) is 0 Å². The van der Waals surface area contributed by atoms with Gasteiger partial charge < -0.3 is 10.6 Å². The Labute approximate surface area is 120 Å². The second-order valence-corrected chi connectivity index (χ2v) is 6.45. The number of aromatic nitrogens is 3. The number of aryl methyl sites for hydroxylation is 1. The molecule has 108 valence electrons. The Hall–Kier alpha value is -1.96. The van der Waals surface area contributed by atoms with Gasteiger partial charge >= 0.3 is 0 Å². The van der Waals surface area contributed by atoms with Gasteiger partial charge in [0.2, 0.25) is 16.0 Å². The molecule has 7 nitrogen and oxygen atoms in total. The van der Waals surface area contributed by atoms with E-state index in [1.165, 1.54) is 21.9 Å². The van der Waals surface area contributed by atoms with Gasteiger partial charge in [-0.25, -0.2) is 4.98 Å². The van der Waals surface area contributed by atoms with Crippen LogP contribution in [0, 0.1) is 6.92 Å². The summed E-state index contributed by atoms with van der Waals surface area (Å²) in [6.07, 6.45) is 0. The molecule has 0 unspecified atom stereocenters. The van der Waals surface area contributed by atoms with E-state index in [9.17, 15) is 9.59 Å². The lowest BCUT2D eigenvalue weighted by Crippen LogP contribution is -2.43. The fraction of sp³-hybridized carbons (Fsp3) is 0.500. The van der Waals surface area contributed by atoms with Crippen molar-refractivity contribution in [3.63, 3.8) is 0 Å². The van der Waals surface area contributed by atoms with Gasteiger partial charge in [0.15, 0.2) is 0 Å². The Kier molecular flexibility index (Phi) is 3.76. The van der Waals surface area contributed by atoms with E-state index in [1.807, 2.05) is 20.8 Å². The van der Waals surface area contributed by atoms with E-state index in [2.05, 4.69) is 20.7 Å². The van der Waals surface area contributed by atoms with Crippen LogP contribution in [0.5, 0.6) is 0 Å². The second kappa shape index (κ2) is 5.20. The summed E-state index contributed by atoms with van der Waals surface area (Å²) in [6.45, 7) is 7.59. The Bertz CT molecular complexity index is 698. The van der Waals surface area contributed by atoms with Gasteiger partial charge in [0.1, 0.15) is 0 Å². The lowest BCUT2D eigenvalue weighted by molar-refractivity contribution is -0.120. The summed E-state index contributed by atoms with van der Waals surface area (Å²) < 4.78 is 1.22. The Morgan fingerprint density at radius 1 is 1.45 bits per heavy atom. The quantitative estimate of drug-likeness (QED) is 0.874. The van der Waals surface area contributed by atoms with Crippen LogP contribution >= 0.6 is 11.3 Å². The maximum absolute atomic E-state index is 11.7. The topological polar surface area (TPSA) is 88.4 Å². The van der Waals surface area contributed by atoms with Gasteiger partial charge in [0.05, 0.1) is 6.54 Å². The molecule has 0 aromatic carbocycles. The minimum Gasteiger partial charge on any atom is -0.351 e. The molecule has 0 fully saturated rings.